The fourth-order valence-electron chi connectivity index (χ4n) is 4.46. The van der Waals surface area contributed by atoms with Gasteiger partial charge < -0.3 is 4.90 Å². The Balaban J connectivity index is 1.63. The van der Waals surface area contributed by atoms with Crippen molar-refractivity contribution in [2.75, 3.05) is 4.90 Å². The van der Waals surface area contributed by atoms with E-state index in [4.69, 9.17) is 11.6 Å². The van der Waals surface area contributed by atoms with E-state index in [2.05, 4.69) is 35.2 Å². The summed E-state index contributed by atoms with van der Waals surface area (Å²) in [6, 6.07) is 17.7. The van der Waals surface area contributed by atoms with Crippen LogP contribution in [0.25, 0.3) is 0 Å². The predicted octanol–water partition coefficient (Wildman–Crippen LogP) is 5.61. The lowest BCUT2D eigenvalue weighted by Crippen LogP contribution is -2.48. The normalized spacial score (nSPS) is 20.7. The van der Waals surface area contributed by atoms with Gasteiger partial charge in [-0.2, -0.15) is 0 Å². The zero-order chi connectivity index (χ0) is 17.9. The van der Waals surface area contributed by atoms with Crippen molar-refractivity contribution in [3.63, 3.8) is 0 Å². The number of hydrogen-bond donors (Lipinski definition) is 0. The average Bonchev–Trinajstić information content (AvgIpc) is 2.70. The lowest BCUT2D eigenvalue weighted by atomic mass is 9.85. The largest absolute Gasteiger partial charge is 0.309 e. The molecule has 2 aliphatic rings. The van der Waals surface area contributed by atoms with Gasteiger partial charge in [0.15, 0.2) is 0 Å². The number of para-hydroxylation sites is 1. The molecule has 1 atom stereocenters. The Kier molecular flexibility index (Phi) is 5.31. The summed E-state index contributed by atoms with van der Waals surface area (Å²) in [5.74, 6) is 0.516. The number of anilines is 1. The van der Waals surface area contributed by atoms with E-state index in [0.717, 1.165) is 43.4 Å². The first-order valence-electron chi connectivity index (χ1n) is 9.79. The van der Waals surface area contributed by atoms with Crippen LogP contribution in [0.3, 0.4) is 0 Å². The second kappa shape index (κ2) is 7.84. The van der Waals surface area contributed by atoms with Crippen LogP contribution in [-0.2, 0) is 17.6 Å². The van der Waals surface area contributed by atoms with E-state index in [0.29, 0.717) is 10.9 Å². The third-order valence-corrected chi connectivity index (χ3v) is 6.08. The molecule has 135 valence electrons. The maximum Gasteiger partial charge on any atom is 0.230 e. The van der Waals surface area contributed by atoms with Crippen LogP contribution >= 0.6 is 11.6 Å². The highest BCUT2D eigenvalue weighted by molar-refractivity contribution is 6.30. The fourth-order valence-corrected chi connectivity index (χ4v) is 4.58. The van der Waals surface area contributed by atoms with Crippen molar-refractivity contribution in [3.8, 4) is 0 Å². The van der Waals surface area contributed by atoms with Gasteiger partial charge in [-0.15, -0.1) is 0 Å². The maximum atomic E-state index is 13.5. The van der Waals surface area contributed by atoms with Crippen molar-refractivity contribution in [1.29, 1.82) is 0 Å². The minimum absolute atomic E-state index is 0.187. The van der Waals surface area contributed by atoms with Crippen molar-refractivity contribution in [2.45, 2.75) is 57.4 Å². The molecule has 2 nitrogen and oxygen atoms in total. The van der Waals surface area contributed by atoms with E-state index >= 15 is 0 Å². The molecule has 1 radical (unpaired) electrons. The molecule has 0 aromatic heterocycles. The number of fused-ring (bicyclic) bond motifs is 1. The molecule has 0 bridgehead atoms. The third-order valence-electron chi connectivity index (χ3n) is 5.85. The van der Waals surface area contributed by atoms with E-state index in [1.165, 1.54) is 24.8 Å². The first-order valence-corrected chi connectivity index (χ1v) is 10.2. The minimum atomic E-state index is 0.187. The summed E-state index contributed by atoms with van der Waals surface area (Å²) in [4.78, 5) is 15.6. The summed E-state index contributed by atoms with van der Waals surface area (Å²) in [6.45, 7) is 0. The SMILES string of the molecule is O=C(C1CCCCC1)N1c2ccccc2CCC1Cc1[c]cc(Cl)cc1. The van der Waals surface area contributed by atoms with Crippen molar-refractivity contribution >= 4 is 23.2 Å². The molecule has 3 heteroatoms. The number of rotatable bonds is 3. The second-order valence-corrected chi connectivity index (χ2v) is 8.04. The van der Waals surface area contributed by atoms with E-state index in [1.54, 1.807) is 0 Å². The first kappa shape index (κ1) is 17.6. The summed E-state index contributed by atoms with van der Waals surface area (Å²) in [5, 5.41) is 0.706. The fraction of sp³-hybridized carbons (Fsp3) is 0.435. The lowest BCUT2D eigenvalue weighted by Gasteiger charge is -2.40. The smallest absolute Gasteiger partial charge is 0.230 e. The van der Waals surface area contributed by atoms with Crippen molar-refractivity contribution in [3.05, 3.63) is 64.7 Å². The van der Waals surface area contributed by atoms with Crippen molar-refractivity contribution < 1.29 is 4.79 Å². The van der Waals surface area contributed by atoms with E-state index in [1.807, 2.05) is 18.2 Å². The Morgan fingerprint density at radius 1 is 1.08 bits per heavy atom. The first-order chi connectivity index (χ1) is 12.7. The van der Waals surface area contributed by atoms with Gasteiger partial charge >= 0.3 is 0 Å². The Hall–Kier alpha value is -1.80. The average molecular weight is 367 g/mol. The molecule has 1 amide bonds. The van der Waals surface area contributed by atoms with Gasteiger partial charge in [-0.05, 0) is 67.5 Å². The van der Waals surface area contributed by atoms with Crippen LogP contribution in [0.2, 0.25) is 5.02 Å². The van der Waals surface area contributed by atoms with Crippen molar-refractivity contribution in [1.82, 2.24) is 0 Å². The van der Waals surface area contributed by atoms with Gasteiger partial charge in [-0.25, -0.2) is 0 Å². The quantitative estimate of drug-likeness (QED) is 0.691. The van der Waals surface area contributed by atoms with E-state index in [9.17, 15) is 4.79 Å². The van der Waals surface area contributed by atoms with Crippen LogP contribution in [0.1, 0.15) is 49.7 Å². The molecule has 1 fully saturated rings. The van der Waals surface area contributed by atoms with Gasteiger partial charge in [0.1, 0.15) is 0 Å². The van der Waals surface area contributed by atoms with Crippen molar-refractivity contribution in [2.24, 2.45) is 5.92 Å². The highest BCUT2D eigenvalue weighted by Crippen LogP contribution is 2.36. The Bertz CT molecular complexity index is 764. The van der Waals surface area contributed by atoms with E-state index < -0.39 is 0 Å². The summed E-state index contributed by atoms with van der Waals surface area (Å²) in [6.07, 6.45) is 8.58. The van der Waals surface area contributed by atoms with Gasteiger partial charge in [-0.1, -0.05) is 55.1 Å². The Morgan fingerprint density at radius 3 is 2.65 bits per heavy atom. The second-order valence-electron chi connectivity index (χ2n) is 7.60. The number of benzene rings is 2. The zero-order valence-electron chi connectivity index (χ0n) is 15.1. The molecule has 1 aliphatic heterocycles. The van der Waals surface area contributed by atoms with Crippen LogP contribution in [-0.4, -0.2) is 11.9 Å². The number of halogens is 1. The van der Waals surface area contributed by atoms with Gasteiger partial charge in [0.05, 0.1) is 0 Å². The topological polar surface area (TPSA) is 20.3 Å². The van der Waals surface area contributed by atoms with Crippen LogP contribution in [0.5, 0.6) is 0 Å². The van der Waals surface area contributed by atoms with Gasteiger partial charge in [0.25, 0.3) is 0 Å². The molecular formula is C23H25ClNO. The van der Waals surface area contributed by atoms with Crippen LogP contribution in [0, 0.1) is 12.0 Å². The molecule has 2 aromatic rings. The number of amides is 1. The molecule has 4 rings (SSSR count). The summed E-state index contributed by atoms with van der Waals surface area (Å²) in [7, 11) is 0. The molecule has 2 aromatic carbocycles. The third kappa shape index (κ3) is 3.66. The van der Waals surface area contributed by atoms with Gasteiger partial charge in [-0.3, -0.25) is 4.79 Å². The van der Waals surface area contributed by atoms with Crippen LogP contribution < -0.4 is 4.90 Å². The Labute approximate surface area is 161 Å². The molecule has 1 saturated carbocycles. The summed E-state index contributed by atoms with van der Waals surface area (Å²) in [5.41, 5.74) is 3.54. The molecule has 1 unspecified atom stereocenters. The number of carbonyl (C=O) groups excluding carboxylic acids is 1. The van der Waals surface area contributed by atoms with Crippen LogP contribution in [0.15, 0.2) is 42.5 Å². The van der Waals surface area contributed by atoms with Gasteiger partial charge in [0, 0.05) is 22.7 Å². The molecule has 0 saturated heterocycles. The molecule has 0 N–H and O–H groups in total. The molecule has 1 heterocycles. The summed E-state index contributed by atoms with van der Waals surface area (Å²) >= 11 is 6.01. The van der Waals surface area contributed by atoms with E-state index in [-0.39, 0.29) is 12.0 Å². The highest BCUT2D eigenvalue weighted by atomic mass is 35.5. The standard InChI is InChI=1S/C23H25ClNO/c24-20-13-10-17(11-14-20)16-21-15-12-18-6-4-5-9-22(18)25(21)23(26)19-7-2-1-3-8-19/h4-6,9-10,13-14,19,21H,1-3,7-8,12,15-16H2. The molecule has 26 heavy (non-hydrogen) atoms. The lowest BCUT2D eigenvalue weighted by molar-refractivity contribution is -0.123. The van der Waals surface area contributed by atoms with Gasteiger partial charge in [0.2, 0.25) is 5.91 Å². The predicted molar refractivity (Wildman–Crippen MR) is 107 cm³/mol. The maximum absolute atomic E-state index is 13.5. The number of nitrogens with zero attached hydrogens (tertiary/aromatic N) is 1. The zero-order valence-corrected chi connectivity index (χ0v) is 15.8. The number of carbonyl (C=O) groups is 1. The monoisotopic (exact) mass is 366 g/mol. The van der Waals surface area contributed by atoms with Crippen LogP contribution in [0.4, 0.5) is 5.69 Å². The molecule has 1 aliphatic carbocycles. The Morgan fingerprint density at radius 2 is 1.88 bits per heavy atom. The minimum Gasteiger partial charge on any atom is -0.309 e. The number of hydrogen-bond acceptors (Lipinski definition) is 1. The highest BCUT2D eigenvalue weighted by Gasteiger charge is 2.35. The molecule has 0 spiro atoms. The number of aryl methyl sites for hydroxylation is 1. The molecular weight excluding hydrogens is 342 g/mol. The summed E-state index contributed by atoms with van der Waals surface area (Å²) < 4.78 is 0.